The largest absolute Gasteiger partial charge is 0.479 e. The number of aliphatic hydroxyl groups excluding tert-OH is 2. The van der Waals surface area contributed by atoms with Gasteiger partial charge in [-0.2, -0.15) is 0 Å². The predicted molar refractivity (Wildman–Crippen MR) is 127 cm³/mol. The summed E-state index contributed by atoms with van der Waals surface area (Å²) >= 11 is 11.9. The number of methoxy groups -OCH3 is 1. The molecule has 0 aliphatic heterocycles. The van der Waals surface area contributed by atoms with Crippen molar-refractivity contribution in [3.63, 3.8) is 0 Å². The summed E-state index contributed by atoms with van der Waals surface area (Å²) in [4.78, 5) is 24.1. The highest BCUT2D eigenvalue weighted by Crippen LogP contribution is 2.27. The van der Waals surface area contributed by atoms with Crippen LogP contribution >= 0.6 is 23.2 Å². The fraction of sp³-hybridized carbons (Fsp3) is 0.409. The summed E-state index contributed by atoms with van der Waals surface area (Å²) in [5.74, 6) is -1.45. The minimum atomic E-state index is -1.79. The number of hydrogen-bond donors (Lipinski definition) is 4. The Morgan fingerprint density at radius 2 is 1.69 bits per heavy atom. The van der Waals surface area contributed by atoms with Gasteiger partial charge < -0.3 is 30.6 Å². The normalized spacial score (nSPS) is 11.3. The van der Waals surface area contributed by atoms with Gasteiger partial charge in [-0.05, 0) is 49.7 Å². The first-order valence-corrected chi connectivity index (χ1v) is 10.5. The van der Waals surface area contributed by atoms with Crippen LogP contribution in [0.2, 0.25) is 10.0 Å². The summed E-state index contributed by atoms with van der Waals surface area (Å²) in [6.07, 6.45) is -0.314. The zero-order chi connectivity index (χ0) is 25.1. The van der Waals surface area contributed by atoms with E-state index in [4.69, 9.17) is 28.3 Å². The highest BCUT2D eigenvalue weighted by Gasteiger charge is 2.23. The van der Waals surface area contributed by atoms with Crippen molar-refractivity contribution in [1.29, 1.82) is 0 Å². The maximum Gasteiger partial charge on any atom is 0.335 e. The van der Waals surface area contributed by atoms with Crippen LogP contribution in [0.1, 0.15) is 26.0 Å². The van der Waals surface area contributed by atoms with Crippen molar-refractivity contribution in [2.45, 2.75) is 38.9 Å². The number of carboxylic acids is 1. The quantitative estimate of drug-likeness (QED) is 0.412. The Morgan fingerprint density at radius 3 is 2.06 bits per heavy atom. The number of aromatic nitrogens is 1. The van der Waals surface area contributed by atoms with Gasteiger partial charge in [0.15, 0.2) is 6.10 Å². The molecule has 0 spiro atoms. The van der Waals surface area contributed by atoms with E-state index in [1.54, 1.807) is 30.5 Å². The van der Waals surface area contributed by atoms with E-state index >= 15 is 0 Å². The van der Waals surface area contributed by atoms with E-state index in [2.05, 4.69) is 15.5 Å². The number of aryl methyl sites for hydroxylation is 1. The lowest BCUT2D eigenvalue weighted by Gasteiger charge is -2.13. The molecule has 0 bridgehead atoms. The second-order valence-electron chi connectivity index (χ2n) is 5.71. The van der Waals surface area contributed by atoms with Gasteiger partial charge in [-0.3, -0.25) is 4.98 Å². The minimum absolute atomic E-state index is 0.100. The van der Waals surface area contributed by atoms with Gasteiger partial charge in [0, 0.05) is 34.6 Å². The van der Waals surface area contributed by atoms with Crippen LogP contribution < -0.4 is 5.73 Å². The molecule has 1 aromatic carbocycles. The highest BCUT2D eigenvalue weighted by atomic mass is 35.5. The van der Waals surface area contributed by atoms with Crippen molar-refractivity contribution in [1.82, 2.24) is 4.98 Å². The summed E-state index contributed by atoms with van der Waals surface area (Å²) in [5, 5.41) is 28.4. The Morgan fingerprint density at radius 1 is 1.12 bits per heavy atom. The fourth-order valence-corrected chi connectivity index (χ4v) is 2.68. The molecule has 2 unspecified atom stereocenters. The Hall–Kier alpha value is -2.07. The number of benzene rings is 1. The molecule has 5 N–H and O–H groups in total. The first-order valence-electron chi connectivity index (χ1n) is 9.79. The third-order valence-corrected chi connectivity index (χ3v) is 4.01. The third kappa shape index (κ3) is 13.4. The molecule has 0 radical (unpaired) electrons. The first kappa shape index (κ1) is 32.1. The molecule has 0 aliphatic rings. The monoisotopic (exact) mass is 490 g/mol. The molecule has 32 heavy (non-hydrogen) atoms. The van der Waals surface area contributed by atoms with Crippen LogP contribution in [0.25, 0.3) is 11.1 Å². The number of ether oxygens (including phenoxy) is 1. The smallest absolute Gasteiger partial charge is 0.335 e. The van der Waals surface area contributed by atoms with Crippen molar-refractivity contribution in [2.75, 3.05) is 20.8 Å². The topological polar surface area (TPSA) is 143 Å². The molecule has 0 fully saturated rings. The van der Waals surface area contributed by atoms with Crippen molar-refractivity contribution in [2.24, 2.45) is 5.73 Å². The van der Waals surface area contributed by atoms with Crippen molar-refractivity contribution >= 4 is 35.5 Å². The molecule has 1 heterocycles. The molecule has 2 rings (SSSR count). The van der Waals surface area contributed by atoms with E-state index in [1.807, 2.05) is 19.9 Å². The Kier molecular flexibility index (Phi) is 19.7. The van der Waals surface area contributed by atoms with E-state index in [9.17, 15) is 19.8 Å². The van der Waals surface area contributed by atoms with Gasteiger partial charge in [-0.25, -0.2) is 4.79 Å². The van der Waals surface area contributed by atoms with Crippen molar-refractivity contribution < 1.29 is 29.6 Å². The third-order valence-electron chi connectivity index (χ3n) is 3.57. The average molecular weight is 491 g/mol. The second kappa shape index (κ2) is 19.6. The zero-order valence-electron chi connectivity index (χ0n) is 18.7. The number of pyridine rings is 1. The number of aliphatic hydroxyl groups is 2. The molecule has 0 saturated heterocycles. The molecule has 1 aromatic heterocycles. The van der Waals surface area contributed by atoms with Crippen LogP contribution in [-0.4, -0.2) is 65.5 Å². The second-order valence-corrected chi connectivity index (χ2v) is 6.58. The lowest BCUT2D eigenvalue weighted by molar-refractivity contribution is -0.152. The first-order chi connectivity index (χ1) is 15.3. The number of nitrogens with zero attached hydrogens (tertiary/aromatic N) is 1. The summed E-state index contributed by atoms with van der Waals surface area (Å²) in [5.41, 5.74) is 6.85. The maximum atomic E-state index is 10.6. The van der Waals surface area contributed by atoms with Gasteiger partial charge in [0.1, 0.15) is 12.9 Å². The van der Waals surface area contributed by atoms with Crippen LogP contribution in [-0.2, 0) is 20.7 Å². The van der Waals surface area contributed by atoms with E-state index in [0.29, 0.717) is 28.4 Å². The predicted octanol–water partition coefficient (Wildman–Crippen LogP) is 3.23. The highest BCUT2D eigenvalue weighted by molar-refractivity contribution is 6.35. The molecule has 0 amide bonds. The molecule has 8 nitrogen and oxygen atoms in total. The summed E-state index contributed by atoms with van der Waals surface area (Å²) in [6, 6.07) is 8.80. The Bertz CT molecular complexity index is 755. The van der Waals surface area contributed by atoms with Crippen LogP contribution in [0.3, 0.4) is 0 Å². The number of rotatable bonds is 8. The fourth-order valence-electron chi connectivity index (χ4n) is 2.15. The number of carboxylic acid groups (broad SMARTS) is 1. The van der Waals surface area contributed by atoms with Gasteiger partial charge in [-0.15, -0.1) is 0 Å². The average Bonchev–Trinajstić information content (AvgIpc) is 2.80. The van der Waals surface area contributed by atoms with Gasteiger partial charge in [-0.1, -0.05) is 43.1 Å². The number of nitrogens with two attached hydrogens (primary N) is 1. The molecular weight excluding hydrogens is 459 g/mol. The molecule has 0 saturated carbocycles. The van der Waals surface area contributed by atoms with E-state index in [0.717, 1.165) is 11.1 Å². The number of carbonyl (C=O) groups is 2. The van der Waals surface area contributed by atoms with Crippen molar-refractivity contribution in [3.8, 4) is 11.1 Å². The standard InChI is InChI=1S/C16H15Cl2NO4.C3H6O2.C2H6.CH5N/c17-11-5-10(6-12(18)7-11)9-1-2-13(19-8-9)3-4-14(20)15(21)16(22)23;1-5-3-2-4;2*1-2/h1-2,5-8,14-15,20-21H,3-4H2,(H,22,23);2H,3H2,1H3;1-2H3;2H2,1H3. The van der Waals surface area contributed by atoms with Crippen molar-refractivity contribution in [3.05, 3.63) is 52.3 Å². The van der Waals surface area contributed by atoms with Crippen LogP contribution in [0.4, 0.5) is 0 Å². The molecule has 2 aromatic rings. The Balaban J connectivity index is 0. The number of aldehydes is 1. The van der Waals surface area contributed by atoms with Crippen LogP contribution in [0.5, 0.6) is 0 Å². The number of aliphatic carboxylic acids is 1. The molecule has 0 aliphatic carbocycles. The van der Waals surface area contributed by atoms with Gasteiger partial charge in [0.05, 0.1) is 6.10 Å². The van der Waals surface area contributed by atoms with Crippen LogP contribution in [0.15, 0.2) is 36.5 Å². The minimum Gasteiger partial charge on any atom is -0.479 e. The molecule has 2 atom stereocenters. The van der Waals surface area contributed by atoms with Crippen LogP contribution in [0, 0.1) is 0 Å². The number of carbonyl (C=O) groups excluding carboxylic acids is 1. The molecule has 180 valence electrons. The summed E-state index contributed by atoms with van der Waals surface area (Å²) in [6.45, 7) is 4.21. The number of hydrogen-bond acceptors (Lipinski definition) is 7. The molecule has 10 heteroatoms. The van der Waals surface area contributed by atoms with Gasteiger partial charge in [0.25, 0.3) is 0 Å². The number of halogens is 2. The van der Waals surface area contributed by atoms with Gasteiger partial charge >= 0.3 is 5.97 Å². The summed E-state index contributed by atoms with van der Waals surface area (Å²) in [7, 11) is 2.98. The zero-order valence-corrected chi connectivity index (χ0v) is 20.2. The molecular formula is C22H32Cl2N2O6. The SMILES string of the molecule is CC.CN.COCC=O.O=C(O)C(O)C(O)CCc1ccc(-c2cc(Cl)cc(Cl)c2)cn1. The lowest BCUT2D eigenvalue weighted by Crippen LogP contribution is -2.34. The lowest BCUT2D eigenvalue weighted by atomic mass is 10.0. The van der Waals surface area contributed by atoms with E-state index in [-0.39, 0.29) is 13.0 Å². The van der Waals surface area contributed by atoms with Gasteiger partial charge in [0.2, 0.25) is 0 Å². The summed E-state index contributed by atoms with van der Waals surface area (Å²) < 4.78 is 4.32. The maximum absolute atomic E-state index is 10.6. The van der Waals surface area contributed by atoms with E-state index < -0.39 is 18.2 Å². The van der Waals surface area contributed by atoms with E-state index in [1.165, 1.54) is 14.2 Å². The Labute approximate surface area is 199 Å².